The molecule has 0 aliphatic rings. The molecule has 0 saturated carbocycles. The number of nitrogens with zero attached hydrogens (tertiary/aromatic N) is 1. The Balaban J connectivity index is 2.37. The molecule has 0 aliphatic heterocycles. The lowest BCUT2D eigenvalue weighted by Crippen LogP contribution is -2.23. The van der Waals surface area contributed by atoms with Gasteiger partial charge >= 0.3 is 5.97 Å². The number of nitrogens with two attached hydrogens (primary N) is 1. The van der Waals surface area contributed by atoms with Crippen molar-refractivity contribution in [2.75, 3.05) is 13.2 Å². The van der Waals surface area contributed by atoms with Crippen LogP contribution in [0, 0.1) is 0 Å². The number of hydrogen-bond acceptors (Lipinski definition) is 5. The maximum atomic E-state index is 11.2. The Bertz CT molecular complexity index is 506. The molecule has 0 unspecified atom stereocenters. The molecule has 0 saturated heterocycles. The fourth-order valence-electron chi connectivity index (χ4n) is 1.49. The first-order chi connectivity index (χ1) is 10.1. The highest BCUT2D eigenvalue weighted by molar-refractivity contribution is 7.80. The minimum Gasteiger partial charge on any atom is -0.494 e. The van der Waals surface area contributed by atoms with E-state index in [2.05, 4.69) is 22.7 Å². The summed E-state index contributed by atoms with van der Waals surface area (Å²) in [5, 5.41) is 3.97. The van der Waals surface area contributed by atoms with Gasteiger partial charge in [0.25, 0.3) is 0 Å². The highest BCUT2D eigenvalue weighted by Gasteiger charge is 2.01. The average Bonchev–Trinajstić information content (AvgIpc) is 2.44. The van der Waals surface area contributed by atoms with Crippen LogP contribution in [0.1, 0.15) is 25.3 Å². The van der Waals surface area contributed by atoms with Crippen molar-refractivity contribution in [3.8, 4) is 5.75 Å². The molecule has 21 heavy (non-hydrogen) atoms. The Hall–Kier alpha value is -2.15. The Kier molecular flexibility index (Phi) is 7.81. The number of benzene rings is 1. The number of ether oxygens (including phenoxy) is 2. The minimum absolute atomic E-state index is 0.109. The minimum atomic E-state index is -0.203. The van der Waals surface area contributed by atoms with E-state index in [-0.39, 0.29) is 11.1 Å². The van der Waals surface area contributed by atoms with E-state index in [1.54, 1.807) is 13.1 Å². The topological polar surface area (TPSA) is 85.9 Å². The molecule has 0 spiro atoms. The van der Waals surface area contributed by atoms with Crippen LogP contribution < -0.4 is 15.9 Å². The van der Waals surface area contributed by atoms with E-state index in [0.717, 1.165) is 5.56 Å². The molecule has 1 aromatic carbocycles. The Morgan fingerprint density at radius 3 is 3.05 bits per heavy atom. The van der Waals surface area contributed by atoms with Crippen molar-refractivity contribution >= 4 is 29.5 Å². The molecular formula is C14H19N3O3S. The van der Waals surface area contributed by atoms with Crippen molar-refractivity contribution in [2.24, 2.45) is 10.8 Å². The molecule has 0 heterocycles. The van der Waals surface area contributed by atoms with Crippen molar-refractivity contribution in [2.45, 2.75) is 19.8 Å². The van der Waals surface area contributed by atoms with Crippen LogP contribution in [0.25, 0.3) is 0 Å². The van der Waals surface area contributed by atoms with Crippen LogP contribution in [0.5, 0.6) is 5.75 Å². The van der Waals surface area contributed by atoms with Crippen molar-refractivity contribution in [1.29, 1.82) is 0 Å². The molecule has 6 nitrogen and oxygen atoms in total. The first-order valence-corrected chi connectivity index (χ1v) is 6.99. The predicted octanol–water partition coefficient (Wildman–Crippen LogP) is 1.58. The Morgan fingerprint density at radius 1 is 1.52 bits per heavy atom. The summed E-state index contributed by atoms with van der Waals surface area (Å²) in [4.78, 5) is 11.2. The number of carbonyl (C=O) groups is 1. The maximum absolute atomic E-state index is 11.2. The number of hydrogen-bond donors (Lipinski definition) is 2. The molecule has 0 radical (unpaired) electrons. The van der Waals surface area contributed by atoms with E-state index in [4.69, 9.17) is 15.2 Å². The lowest BCUT2D eigenvalue weighted by Gasteiger charge is -2.06. The summed E-state index contributed by atoms with van der Waals surface area (Å²) in [7, 11) is 0. The van der Waals surface area contributed by atoms with Gasteiger partial charge in [0.15, 0.2) is 5.11 Å². The van der Waals surface area contributed by atoms with Gasteiger partial charge in [0.1, 0.15) is 5.75 Å². The van der Waals surface area contributed by atoms with Gasteiger partial charge in [-0.1, -0.05) is 12.1 Å². The third-order valence-electron chi connectivity index (χ3n) is 2.35. The maximum Gasteiger partial charge on any atom is 0.305 e. The average molecular weight is 309 g/mol. The molecule has 0 aliphatic carbocycles. The lowest BCUT2D eigenvalue weighted by molar-refractivity contribution is -0.143. The number of carbonyl (C=O) groups excluding carboxylic acids is 1. The summed E-state index contributed by atoms with van der Waals surface area (Å²) < 4.78 is 10.4. The number of esters is 1. The van der Waals surface area contributed by atoms with Gasteiger partial charge in [-0.05, 0) is 43.3 Å². The van der Waals surface area contributed by atoms with E-state index in [0.29, 0.717) is 31.8 Å². The van der Waals surface area contributed by atoms with E-state index in [1.165, 1.54) is 0 Å². The first-order valence-electron chi connectivity index (χ1n) is 6.59. The zero-order valence-electron chi connectivity index (χ0n) is 11.9. The molecule has 3 N–H and O–H groups in total. The highest BCUT2D eigenvalue weighted by atomic mass is 32.1. The van der Waals surface area contributed by atoms with Crippen LogP contribution in [-0.2, 0) is 9.53 Å². The summed E-state index contributed by atoms with van der Waals surface area (Å²) in [5.74, 6) is 0.504. The smallest absolute Gasteiger partial charge is 0.305 e. The third-order valence-corrected chi connectivity index (χ3v) is 2.44. The Morgan fingerprint density at radius 2 is 2.33 bits per heavy atom. The summed E-state index contributed by atoms with van der Waals surface area (Å²) in [6.45, 7) is 2.64. The number of nitrogens with one attached hydrogen (secondary N) is 1. The Labute approximate surface area is 129 Å². The van der Waals surface area contributed by atoms with Gasteiger partial charge in [-0.2, -0.15) is 5.10 Å². The summed E-state index contributed by atoms with van der Waals surface area (Å²) in [6.07, 6.45) is 2.55. The van der Waals surface area contributed by atoms with Gasteiger partial charge in [0.05, 0.1) is 19.4 Å². The van der Waals surface area contributed by atoms with Gasteiger partial charge in [-0.15, -0.1) is 0 Å². The van der Waals surface area contributed by atoms with Gasteiger partial charge in [0, 0.05) is 6.42 Å². The zero-order chi connectivity index (χ0) is 15.5. The van der Waals surface area contributed by atoms with Gasteiger partial charge in [-0.3, -0.25) is 10.2 Å². The van der Waals surface area contributed by atoms with Gasteiger partial charge in [-0.25, -0.2) is 0 Å². The second-order valence-electron chi connectivity index (χ2n) is 4.06. The first kappa shape index (κ1) is 16.9. The highest BCUT2D eigenvalue weighted by Crippen LogP contribution is 2.12. The summed E-state index contributed by atoms with van der Waals surface area (Å²) >= 11 is 4.64. The quantitative estimate of drug-likeness (QED) is 0.249. The molecule has 0 fully saturated rings. The standard InChI is InChI=1S/C14H19N3O3S/c1-2-19-13(18)7-4-8-20-12-6-3-5-11(9-12)10-16-17-14(15)21/h3,5-6,9-10H,2,4,7-8H2,1H3,(H3,15,17,21). The van der Waals surface area contributed by atoms with Crippen LogP contribution in [0.15, 0.2) is 29.4 Å². The molecule has 7 heteroatoms. The fraction of sp³-hybridized carbons (Fsp3) is 0.357. The van der Waals surface area contributed by atoms with Crippen molar-refractivity contribution in [1.82, 2.24) is 5.43 Å². The molecular weight excluding hydrogens is 290 g/mol. The third kappa shape index (κ3) is 7.88. The van der Waals surface area contributed by atoms with Crippen molar-refractivity contribution in [3.63, 3.8) is 0 Å². The predicted molar refractivity (Wildman–Crippen MR) is 85.3 cm³/mol. The molecule has 114 valence electrons. The zero-order valence-corrected chi connectivity index (χ0v) is 12.7. The van der Waals surface area contributed by atoms with Crippen LogP contribution in [0.2, 0.25) is 0 Å². The van der Waals surface area contributed by atoms with Crippen molar-refractivity contribution < 1.29 is 14.3 Å². The summed E-state index contributed by atoms with van der Waals surface area (Å²) in [6, 6.07) is 7.39. The van der Waals surface area contributed by atoms with E-state index in [1.807, 2.05) is 24.3 Å². The van der Waals surface area contributed by atoms with Crippen LogP contribution in [0.3, 0.4) is 0 Å². The second-order valence-corrected chi connectivity index (χ2v) is 4.50. The van der Waals surface area contributed by atoms with E-state index < -0.39 is 0 Å². The molecule has 0 atom stereocenters. The van der Waals surface area contributed by atoms with Crippen LogP contribution >= 0.6 is 12.2 Å². The summed E-state index contributed by atoms with van der Waals surface area (Å²) in [5.41, 5.74) is 8.58. The van der Waals surface area contributed by atoms with Gasteiger partial charge < -0.3 is 15.2 Å². The lowest BCUT2D eigenvalue weighted by atomic mass is 10.2. The molecule has 1 aromatic rings. The van der Waals surface area contributed by atoms with Crippen LogP contribution in [-0.4, -0.2) is 30.5 Å². The SMILES string of the molecule is CCOC(=O)CCCOc1cccc(C=NNC(N)=S)c1. The normalized spacial score (nSPS) is 10.3. The molecule has 0 amide bonds. The van der Waals surface area contributed by atoms with E-state index >= 15 is 0 Å². The molecule has 0 aromatic heterocycles. The van der Waals surface area contributed by atoms with E-state index in [9.17, 15) is 4.79 Å². The monoisotopic (exact) mass is 309 g/mol. The number of hydrazone groups is 1. The number of rotatable bonds is 8. The second kappa shape index (κ2) is 9.71. The fourth-order valence-corrected chi connectivity index (χ4v) is 1.55. The van der Waals surface area contributed by atoms with Crippen LogP contribution in [0.4, 0.5) is 0 Å². The molecule has 1 rings (SSSR count). The van der Waals surface area contributed by atoms with Gasteiger partial charge in [0.2, 0.25) is 0 Å². The molecule has 0 bridgehead atoms. The largest absolute Gasteiger partial charge is 0.494 e. The van der Waals surface area contributed by atoms with Crippen molar-refractivity contribution in [3.05, 3.63) is 29.8 Å². The number of thiocarbonyl (C=S) groups is 1.